The van der Waals surface area contributed by atoms with E-state index in [0.29, 0.717) is 5.71 Å². The van der Waals surface area contributed by atoms with Gasteiger partial charge in [0, 0.05) is 22.4 Å². The number of hydrogen-bond donors (Lipinski definition) is 0. The molecule has 5 heteroatoms. The van der Waals surface area contributed by atoms with Gasteiger partial charge < -0.3 is 4.90 Å². The van der Waals surface area contributed by atoms with Crippen LogP contribution in [-0.4, -0.2) is 24.9 Å². The number of para-hydroxylation sites is 1. The fraction of sp³-hybridized carbons (Fsp3) is 0.133. The Balaban J connectivity index is 1.92. The van der Waals surface area contributed by atoms with Gasteiger partial charge in [-0.1, -0.05) is 18.2 Å². The lowest BCUT2D eigenvalue weighted by atomic mass is 10.1. The minimum absolute atomic E-state index is 0.120. The highest BCUT2D eigenvalue weighted by Crippen LogP contribution is 2.27. The predicted octanol–water partition coefficient (Wildman–Crippen LogP) is 2.86. The van der Waals surface area contributed by atoms with Crippen LogP contribution in [0.4, 0.5) is 5.69 Å². The maximum Gasteiger partial charge on any atom is 0.279 e. The first-order valence-electron chi connectivity index (χ1n) is 6.22. The van der Waals surface area contributed by atoms with Crippen molar-refractivity contribution in [2.75, 3.05) is 11.9 Å². The van der Waals surface area contributed by atoms with E-state index in [4.69, 9.17) is 0 Å². The van der Waals surface area contributed by atoms with E-state index in [1.165, 1.54) is 4.88 Å². The number of nitrogens with zero attached hydrogens (tertiary/aromatic N) is 3. The Hall–Kier alpha value is -2.27. The van der Waals surface area contributed by atoms with Crippen molar-refractivity contribution in [2.45, 2.75) is 6.92 Å². The number of fused-ring (bicyclic) bond motifs is 1. The zero-order valence-corrected chi connectivity index (χ0v) is 12.0. The molecule has 0 spiro atoms. The van der Waals surface area contributed by atoms with E-state index >= 15 is 0 Å². The number of thiophene rings is 1. The van der Waals surface area contributed by atoms with Crippen molar-refractivity contribution in [3.05, 3.63) is 51.7 Å². The molecule has 1 aliphatic rings. The van der Waals surface area contributed by atoms with E-state index < -0.39 is 0 Å². The number of anilines is 1. The second-order valence-electron chi connectivity index (χ2n) is 4.52. The van der Waals surface area contributed by atoms with Crippen molar-refractivity contribution in [3.63, 3.8) is 0 Å². The first-order chi connectivity index (χ1) is 9.66. The molecule has 0 atom stereocenters. The number of aryl methyl sites for hydroxylation is 1. The van der Waals surface area contributed by atoms with Crippen LogP contribution in [0.25, 0.3) is 0 Å². The summed E-state index contributed by atoms with van der Waals surface area (Å²) in [5.41, 5.74) is 2.10. The second-order valence-corrected chi connectivity index (χ2v) is 5.84. The summed E-state index contributed by atoms with van der Waals surface area (Å²) in [6, 6.07) is 11.6. The third-order valence-corrected chi connectivity index (χ3v) is 4.07. The number of likely N-dealkylation sites (N-methyl/N-ethyl adjacent to an activating group) is 1. The van der Waals surface area contributed by atoms with Gasteiger partial charge in [-0.2, -0.15) is 5.10 Å². The molecule has 20 heavy (non-hydrogen) atoms. The Morgan fingerprint density at radius 3 is 2.75 bits per heavy atom. The summed E-state index contributed by atoms with van der Waals surface area (Å²) in [6.45, 7) is 2.04. The van der Waals surface area contributed by atoms with E-state index in [0.717, 1.165) is 16.1 Å². The number of amides is 1. The van der Waals surface area contributed by atoms with Crippen LogP contribution < -0.4 is 4.90 Å². The average Bonchev–Trinajstić information content (AvgIpc) is 2.97. The molecule has 0 fully saturated rings. The smallest absolute Gasteiger partial charge is 0.279 e. The molecule has 0 unspecified atom stereocenters. The zero-order chi connectivity index (χ0) is 14.1. The maximum atomic E-state index is 12.1. The number of carbonyl (C=O) groups is 1. The lowest BCUT2D eigenvalue weighted by molar-refractivity contribution is -0.111. The van der Waals surface area contributed by atoms with E-state index in [1.807, 2.05) is 43.3 Å². The van der Waals surface area contributed by atoms with E-state index in [9.17, 15) is 4.79 Å². The van der Waals surface area contributed by atoms with Crippen LogP contribution in [-0.2, 0) is 4.79 Å². The number of benzene rings is 1. The van der Waals surface area contributed by atoms with Gasteiger partial charge in [0.15, 0.2) is 5.71 Å². The van der Waals surface area contributed by atoms with E-state index in [1.54, 1.807) is 29.5 Å². The minimum Gasteiger partial charge on any atom is -0.309 e. The fourth-order valence-corrected chi connectivity index (χ4v) is 2.86. The molecule has 3 rings (SSSR count). The van der Waals surface area contributed by atoms with Crippen LogP contribution in [0.1, 0.15) is 15.3 Å². The first-order valence-corrected chi connectivity index (χ1v) is 7.03. The van der Waals surface area contributed by atoms with Crippen molar-refractivity contribution in [1.82, 2.24) is 0 Å². The summed E-state index contributed by atoms with van der Waals surface area (Å²) in [7, 11) is 1.75. The Kier molecular flexibility index (Phi) is 3.20. The predicted molar refractivity (Wildman–Crippen MR) is 83.0 cm³/mol. The number of hydrogen-bond acceptors (Lipinski definition) is 4. The van der Waals surface area contributed by atoms with Gasteiger partial charge in [-0.25, -0.2) is 0 Å². The second kappa shape index (κ2) is 5.02. The van der Waals surface area contributed by atoms with Crippen LogP contribution in [0.3, 0.4) is 0 Å². The quantitative estimate of drug-likeness (QED) is 0.617. The van der Waals surface area contributed by atoms with E-state index in [-0.39, 0.29) is 5.91 Å². The summed E-state index contributed by atoms with van der Waals surface area (Å²) in [6.07, 6.45) is 1.68. The van der Waals surface area contributed by atoms with Gasteiger partial charge in [0.2, 0.25) is 0 Å². The minimum atomic E-state index is -0.120. The van der Waals surface area contributed by atoms with Crippen LogP contribution in [0.2, 0.25) is 0 Å². The third kappa shape index (κ3) is 2.16. The van der Waals surface area contributed by atoms with Gasteiger partial charge in [-0.05, 0) is 25.1 Å². The summed E-state index contributed by atoms with van der Waals surface area (Å²) in [5.74, 6) is -0.120. The molecule has 100 valence electrons. The normalized spacial score (nSPS) is 16.4. The molecule has 1 aromatic heterocycles. The molecule has 1 aliphatic heterocycles. The van der Waals surface area contributed by atoms with Gasteiger partial charge in [0.05, 0.1) is 11.9 Å². The standard InChI is InChI=1S/C15H13N3OS/c1-10-7-8-11(20-10)9-16-17-14-12-5-3-4-6-13(12)18(2)15(14)19/h3-9H,1-2H3/b16-9-,17-14+. The summed E-state index contributed by atoms with van der Waals surface area (Å²) < 4.78 is 0. The lowest BCUT2D eigenvalue weighted by Gasteiger charge is -2.07. The van der Waals surface area contributed by atoms with Gasteiger partial charge in [0.1, 0.15) is 0 Å². The Morgan fingerprint density at radius 1 is 1.20 bits per heavy atom. The van der Waals surface area contributed by atoms with Crippen LogP contribution in [0, 0.1) is 6.92 Å². The molecule has 0 N–H and O–H groups in total. The van der Waals surface area contributed by atoms with Crippen molar-refractivity contribution in [1.29, 1.82) is 0 Å². The fourth-order valence-electron chi connectivity index (χ4n) is 2.11. The molecule has 1 amide bonds. The SMILES string of the molecule is Cc1ccc(/C=N\N=C2\C(=O)N(C)c3ccccc32)s1. The summed E-state index contributed by atoms with van der Waals surface area (Å²) in [5, 5.41) is 8.15. The highest BCUT2D eigenvalue weighted by Gasteiger charge is 2.30. The van der Waals surface area contributed by atoms with Crippen LogP contribution >= 0.6 is 11.3 Å². The number of carbonyl (C=O) groups excluding carboxylic acids is 1. The van der Waals surface area contributed by atoms with Crippen LogP contribution in [0.5, 0.6) is 0 Å². The molecular weight excluding hydrogens is 270 g/mol. The molecule has 2 aromatic rings. The van der Waals surface area contributed by atoms with Gasteiger partial charge in [-0.3, -0.25) is 4.79 Å². The summed E-state index contributed by atoms with van der Waals surface area (Å²) >= 11 is 1.64. The van der Waals surface area contributed by atoms with Gasteiger partial charge in [-0.15, -0.1) is 16.4 Å². The summed E-state index contributed by atoms with van der Waals surface area (Å²) in [4.78, 5) is 16.0. The van der Waals surface area contributed by atoms with Crippen molar-refractivity contribution < 1.29 is 4.79 Å². The Bertz CT molecular complexity index is 730. The molecule has 0 aliphatic carbocycles. The molecule has 0 saturated heterocycles. The Morgan fingerprint density at radius 2 is 2.00 bits per heavy atom. The molecule has 0 radical (unpaired) electrons. The zero-order valence-electron chi connectivity index (χ0n) is 11.2. The molecule has 0 saturated carbocycles. The molecule has 1 aromatic carbocycles. The third-order valence-electron chi connectivity index (χ3n) is 3.13. The van der Waals surface area contributed by atoms with Crippen LogP contribution in [0.15, 0.2) is 46.6 Å². The number of rotatable bonds is 2. The average molecular weight is 283 g/mol. The first kappa shape index (κ1) is 12.7. The Labute approximate surface area is 121 Å². The molecule has 2 heterocycles. The van der Waals surface area contributed by atoms with Crippen molar-refractivity contribution in [3.8, 4) is 0 Å². The van der Waals surface area contributed by atoms with Gasteiger partial charge >= 0.3 is 0 Å². The highest BCUT2D eigenvalue weighted by atomic mass is 32.1. The molecular formula is C15H13N3OS. The maximum absolute atomic E-state index is 12.1. The van der Waals surface area contributed by atoms with Crippen molar-refractivity contribution >= 4 is 34.9 Å². The molecule has 0 bridgehead atoms. The van der Waals surface area contributed by atoms with E-state index in [2.05, 4.69) is 10.2 Å². The topological polar surface area (TPSA) is 45.0 Å². The molecule has 4 nitrogen and oxygen atoms in total. The monoisotopic (exact) mass is 283 g/mol. The van der Waals surface area contributed by atoms with Crippen molar-refractivity contribution in [2.24, 2.45) is 10.2 Å². The lowest BCUT2D eigenvalue weighted by Crippen LogP contribution is -2.25. The van der Waals surface area contributed by atoms with Gasteiger partial charge in [0.25, 0.3) is 5.91 Å². The largest absolute Gasteiger partial charge is 0.309 e. The highest BCUT2D eigenvalue weighted by molar-refractivity contribution is 7.13.